The van der Waals surface area contributed by atoms with Gasteiger partial charge in [-0.3, -0.25) is 0 Å². The van der Waals surface area contributed by atoms with E-state index in [4.69, 9.17) is 14.2 Å². The van der Waals surface area contributed by atoms with Crippen LogP contribution in [-0.2, 0) is 5.41 Å². The number of hydrogen-bond acceptors (Lipinski definition) is 3. The average molecular weight is 252 g/mol. The van der Waals surface area contributed by atoms with Crippen LogP contribution in [0.25, 0.3) is 0 Å². The fourth-order valence-electron chi connectivity index (χ4n) is 1.91. The lowest BCUT2D eigenvalue weighted by molar-refractivity contribution is 0.299. The third-order valence-electron chi connectivity index (χ3n) is 2.71. The molecule has 1 aromatic carbocycles. The Hall–Kier alpha value is -1.38. The van der Waals surface area contributed by atoms with Crippen LogP contribution in [0.4, 0.5) is 0 Å². The van der Waals surface area contributed by atoms with E-state index in [1.54, 1.807) is 14.2 Å². The van der Waals surface area contributed by atoms with E-state index in [1.807, 2.05) is 12.1 Å². The molecule has 1 rings (SSSR count). The molecule has 0 atom stereocenters. The van der Waals surface area contributed by atoms with Crippen molar-refractivity contribution in [3.05, 3.63) is 17.7 Å². The molecule has 0 aliphatic rings. The van der Waals surface area contributed by atoms with E-state index in [-0.39, 0.29) is 5.41 Å². The van der Waals surface area contributed by atoms with Gasteiger partial charge in [-0.15, -0.1) is 0 Å². The zero-order chi connectivity index (χ0) is 13.8. The van der Waals surface area contributed by atoms with Crippen LogP contribution in [0.2, 0.25) is 0 Å². The molecule has 0 amide bonds. The molecule has 0 aromatic heterocycles. The van der Waals surface area contributed by atoms with Crippen molar-refractivity contribution in [1.82, 2.24) is 0 Å². The SMILES string of the molecule is CCCOc1cc(OC)cc(OC)c1C(C)(C)C. The van der Waals surface area contributed by atoms with E-state index in [1.165, 1.54) is 0 Å². The highest BCUT2D eigenvalue weighted by molar-refractivity contribution is 5.53. The first-order chi connectivity index (χ1) is 8.43. The van der Waals surface area contributed by atoms with Crippen LogP contribution in [0.5, 0.6) is 17.2 Å². The van der Waals surface area contributed by atoms with Gasteiger partial charge in [0.15, 0.2) is 0 Å². The number of rotatable bonds is 5. The van der Waals surface area contributed by atoms with E-state index in [0.717, 1.165) is 29.2 Å². The van der Waals surface area contributed by atoms with Gasteiger partial charge in [-0.2, -0.15) is 0 Å². The predicted molar refractivity (Wildman–Crippen MR) is 74.0 cm³/mol. The molecule has 0 radical (unpaired) electrons. The van der Waals surface area contributed by atoms with Crippen molar-refractivity contribution >= 4 is 0 Å². The quantitative estimate of drug-likeness (QED) is 0.798. The summed E-state index contributed by atoms with van der Waals surface area (Å²) in [5.74, 6) is 2.42. The van der Waals surface area contributed by atoms with Crippen LogP contribution in [0, 0.1) is 0 Å². The molecule has 18 heavy (non-hydrogen) atoms. The zero-order valence-electron chi connectivity index (χ0n) is 12.3. The minimum atomic E-state index is -0.0410. The maximum atomic E-state index is 5.84. The summed E-state index contributed by atoms with van der Waals surface area (Å²) in [6.45, 7) is 9.23. The predicted octanol–water partition coefficient (Wildman–Crippen LogP) is 3.79. The van der Waals surface area contributed by atoms with E-state index < -0.39 is 0 Å². The van der Waals surface area contributed by atoms with Crippen molar-refractivity contribution in [2.45, 2.75) is 39.5 Å². The smallest absolute Gasteiger partial charge is 0.130 e. The highest BCUT2D eigenvalue weighted by Crippen LogP contribution is 2.41. The van der Waals surface area contributed by atoms with Crippen LogP contribution in [0.1, 0.15) is 39.7 Å². The summed E-state index contributed by atoms with van der Waals surface area (Å²) >= 11 is 0. The topological polar surface area (TPSA) is 27.7 Å². The fourth-order valence-corrected chi connectivity index (χ4v) is 1.91. The van der Waals surface area contributed by atoms with Gasteiger partial charge in [0.2, 0.25) is 0 Å². The minimum Gasteiger partial charge on any atom is -0.496 e. The molecule has 0 aliphatic heterocycles. The van der Waals surface area contributed by atoms with Crippen molar-refractivity contribution in [3.63, 3.8) is 0 Å². The Morgan fingerprint density at radius 2 is 1.61 bits per heavy atom. The summed E-state index contributed by atoms with van der Waals surface area (Å²) in [5, 5.41) is 0. The van der Waals surface area contributed by atoms with Crippen LogP contribution in [0.3, 0.4) is 0 Å². The molecule has 3 nitrogen and oxygen atoms in total. The summed E-state index contributed by atoms with van der Waals surface area (Å²) in [6, 6.07) is 3.83. The summed E-state index contributed by atoms with van der Waals surface area (Å²) in [5.41, 5.74) is 1.04. The second-order valence-corrected chi connectivity index (χ2v) is 5.30. The van der Waals surface area contributed by atoms with Crippen molar-refractivity contribution in [1.29, 1.82) is 0 Å². The molecule has 0 aliphatic carbocycles. The Kier molecular flexibility index (Phi) is 4.88. The van der Waals surface area contributed by atoms with Crippen LogP contribution in [0.15, 0.2) is 12.1 Å². The number of hydrogen-bond donors (Lipinski definition) is 0. The first kappa shape index (κ1) is 14.7. The second-order valence-electron chi connectivity index (χ2n) is 5.30. The largest absolute Gasteiger partial charge is 0.496 e. The maximum Gasteiger partial charge on any atom is 0.130 e. The van der Waals surface area contributed by atoms with Crippen LogP contribution >= 0.6 is 0 Å². The molecule has 0 saturated carbocycles. The Morgan fingerprint density at radius 3 is 2.06 bits per heavy atom. The van der Waals surface area contributed by atoms with Crippen molar-refractivity contribution < 1.29 is 14.2 Å². The minimum absolute atomic E-state index is 0.0410. The van der Waals surface area contributed by atoms with Gasteiger partial charge in [-0.05, 0) is 11.8 Å². The van der Waals surface area contributed by atoms with Gasteiger partial charge in [-0.25, -0.2) is 0 Å². The van der Waals surface area contributed by atoms with Crippen LogP contribution in [-0.4, -0.2) is 20.8 Å². The molecule has 0 bridgehead atoms. The summed E-state index contributed by atoms with van der Waals surface area (Å²) in [6.07, 6.45) is 0.975. The van der Waals surface area contributed by atoms with Gasteiger partial charge in [0.1, 0.15) is 17.2 Å². The number of ether oxygens (including phenoxy) is 3. The van der Waals surface area contributed by atoms with Gasteiger partial charge in [0.05, 0.1) is 20.8 Å². The average Bonchev–Trinajstić information content (AvgIpc) is 2.33. The van der Waals surface area contributed by atoms with E-state index in [0.29, 0.717) is 6.61 Å². The van der Waals surface area contributed by atoms with Crippen molar-refractivity contribution in [2.75, 3.05) is 20.8 Å². The Balaban J connectivity index is 3.32. The molecule has 0 fully saturated rings. The number of methoxy groups -OCH3 is 2. The Labute approximate surface area is 110 Å². The lowest BCUT2D eigenvalue weighted by Gasteiger charge is -2.25. The first-order valence-corrected chi connectivity index (χ1v) is 6.33. The Bertz CT molecular complexity index is 391. The molecular weight excluding hydrogens is 228 g/mol. The van der Waals surface area contributed by atoms with Crippen LogP contribution < -0.4 is 14.2 Å². The standard InChI is InChI=1S/C15H24O3/c1-7-8-18-13-10-11(16-5)9-12(17-6)14(13)15(2,3)4/h9-10H,7-8H2,1-6H3. The van der Waals surface area contributed by atoms with E-state index in [2.05, 4.69) is 27.7 Å². The molecule has 0 N–H and O–H groups in total. The third-order valence-corrected chi connectivity index (χ3v) is 2.71. The maximum absolute atomic E-state index is 5.84. The Morgan fingerprint density at radius 1 is 1.00 bits per heavy atom. The summed E-state index contributed by atoms with van der Waals surface area (Å²) < 4.78 is 16.6. The fraction of sp³-hybridized carbons (Fsp3) is 0.600. The van der Waals surface area contributed by atoms with Crippen molar-refractivity contribution in [2.24, 2.45) is 0 Å². The van der Waals surface area contributed by atoms with Gasteiger partial charge in [0.25, 0.3) is 0 Å². The molecule has 1 aromatic rings. The highest BCUT2D eigenvalue weighted by Gasteiger charge is 2.25. The van der Waals surface area contributed by atoms with E-state index in [9.17, 15) is 0 Å². The third kappa shape index (κ3) is 3.31. The molecule has 0 spiro atoms. The molecular formula is C15H24O3. The van der Waals surface area contributed by atoms with Gasteiger partial charge >= 0.3 is 0 Å². The van der Waals surface area contributed by atoms with E-state index >= 15 is 0 Å². The molecule has 3 heteroatoms. The number of benzene rings is 1. The lowest BCUT2D eigenvalue weighted by Crippen LogP contribution is -2.15. The monoisotopic (exact) mass is 252 g/mol. The lowest BCUT2D eigenvalue weighted by atomic mass is 9.85. The zero-order valence-corrected chi connectivity index (χ0v) is 12.3. The molecule has 0 saturated heterocycles. The first-order valence-electron chi connectivity index (χ1n) is 6.33. The summed E-state index contributed by atoms with van der Waals surface area (Å²) in [4.78, 5) is 0. The highest BCUT2D eigenvalue weighted by atomic mass is 16.5. The van der Waals surface area contributed by atoms with Gasteiger partial charge in [0, 0.05) is 17.7 Å². The van der Waals surface area contributed by atoms with Gasteiger partial charge in [-0.1, -0.05) is 27.7 Å². The normalized spacial score (nSPS) is 11.2. The second kappa shape index (κ2) is 5.98. The van der Waals surface area contributed by atoms with Crippen molar-refractivity contribution in [3.8, 4) is 17.2 Å². The molecule has 0 unspecified atom stereocenters. The summed E-state index contributed by atoms with van der Waals surface area (Å²) in [7, 11) is 3.32. The molecule has 0 heterocycles. The van der Waals surface area contributed by atoms with Gasteiger partial charge < -0.3 is 14.2 Å². The molecule has 102 valence electrons.